The van der Waals surface area contributed by atoms with Crippen LogP contribution in [0.1, 0.15) is 6.42 Å². The van der Waals surface area contributed by atoms with Crippen LogP contribution >= 0.6 is 11.6 Å². The van der Waals surface area contributed by atoms with Crippen LogP contribution in [0.2, 0.25) is 5.02 Å². The highest BCUT2D eigenvalue weighted by molar-refractivity contribution is 7.89. The molecule has 1 saturated heterocycles. The number of nitrogens with one attached hydrogen (secondary N) is 1. The Labute approximate surface area is 134 Å². The molecule has 22 heavy (non-hydrogen) atoms. The van der Waals surface area contributed by atoms with Gasteiger partial charge in [0.1, 0.15) is 5.82 Å². The highest BCUT2D eigenvalue weighted by Gasteiger charge is 2.33. The van der Waals surface area contributed by atoms with Crippen LogP contribution in [-0.2, 0) is 10.0 Å². The number of nitrogens with zero attached hydrogens (tertiary/aromatic N) is 2. The molecule has 1 aromatic carbocycles. The van der Waals surface area contributed by atoms with Crippen LogP contribution in [0, 0.1) is 0 Å². The van der Waals surface area contributed by atoms with Crippen molar-refractivity contribution >= 4 is 38.2 Å². The van der Waals surface area contributed by atoms with Gasteiger partial charge in [-0.15, -0.1) is 0 Å². The van der Waals surface area contributed by atoms with Crippen molar-refractivity contribution in [2.24, 2.45) is 0 Å². The first-order chi connectivity index (χ1) is 10.4. The van der Waals surface area contributed by atoms with Crippen molar-refractivity contribution in [3.05, 3.63) is 29.4 Å². The molecule has 2 aromatic rings. The number of rotatable bonds is 3. The third-order valence-electron chi connectivity index (χ3n) is 4.04. The lowest BCUT2D eigenvalue weighted by molar-refractivity contribution is 0.465. The summed E-state index contributed by atoms with van der Waals surface area (Å²) in [7, 11) is -1.79. The molecule has 1 aromatic heterocycles. The van der Waals surface area contributed by atoms with Crippen LogP contribution in [0.25, 0.3) is 10.8 Å². The number of aromatic nitrogens is 1. The van der Waals surface area contributed by atoms with Crippen molar-refractivity contribution in [3.63, 3.8) is 0 Å². The van der Waals surface area contributed by atoms with E-state index in [0.29, 0.717) is 23.9 Å². The number of benzene rings is 1. The van der Waals surface area contributed by atoms with Crippen molar-refractivity contribution in [2.75, 3.05) is 25.9 Å². The number of nitrogen functional groups attached to an aromatic ring is 1. The third kappa shape index (κ3) is 2.44. The molecule has 1 fully saturated rings. The first kappa shape index (κ1) is 15.5. The van der Waals surface area contributed by atoms with E-state index in [-0.39, 0.29) is 21.8 Å². The van der Waals surface area contributed by atoms with Crippen LogP contribution in [0.15, 0.2) is 29.3 Å². The Morgan fingerprint density at radius 3 is 2.91 bits per heavy atom. The predicted octanol–water partition coefficient (Wildman–Crippen LogP) is 1.45. The maximum atomic E-state index is 13.0. The Kier molecular flexibility index (Phi) is 3.98. The lowest BCUT2D eigenvalue weighted by atomic mass is 10.1. The maximum absolute atomic E-state index is 13.0. The number of hydrogen-bond acceptors (Lipinski definition) is 5. The predicted molar refractivity (Wildman–Crippen MR) is 87.4 cm³/mol. The summed E-state index contributed by atoms with van der Waals surface area (Å²) in [5, 5.41) is 4.39. The van der Waals surface area contributed by atoms with Crippen LogP contribution < -0.4 is 11.1 Å². The van der Waals surface area contributed by atoms with E-state index in [2.05, 4.69) is 10.3 Å². The molecule has 1 aliphatic rings. The summed E-state index contributed by atoms with van der Waals surface area (Å²) >= 11 is 6.19. The Bertz CT molecular complexity index is 825. The summed E-state index contributed by atoms with van der Waals surface area (Å²) < 4.78 is 27.4. The molecule has 0 aliphatic carbocycles. The van der Waals surface area contributed by atoms with Crippen molar-refractivity contribution in [2.45, 2.75) is 17.4 Å². The van der Waals surface area contributed by atoms with Gasteiger partial charge in [0, 0.05) is 36.1 Å². The minimum absolute atomic E-state index is 0.173. The number of hydrogen-bond donors (Lipinski definition) is 2. The summed E-state index contributed by atoms with van der Waals surface area (Å²) in [4.78, 5) is 4.16. The molecule has 0 spiro atoms. The lowest BCUT2D eigenvalue weighted by Gasteiger charge is -2.18. The number of halogens is 1. The number of nitrogens with two attached hydrogens (primary N) is 1. The van der Waals surface area contributed by atoms with Crippen molar-refractivity contribution in [1.29, 1.82) is 0 Å². The van der Waals surface area contributed by atoms with Crippen molar-refractivity contribution < 1.29 is 8.42 Å². The lowest BCUT2D eigenvalue weighted by Crippen LogP contribution is -2.33. The molecule has 1 aliphatic heterocycles. The van der Waals surface area contributed by atoms with E-state index in [0.717, 1.165) is 6.42 Å². The average molecular weight is 341 g/mol. The fraction of sp³-hybridized carbons (Fsp3) is 0.357. The molecule has 3 N–H and O–H groups in total. The standard InChI is InChI=1S/C14H17ClN4O2S/c1-17-9-5-6-19(8-9)22(20,21)12-4-2-3-10-13(12)11(15)7-18-14(10)16/h2-4,7,9,17H,5-6,8H2,1H3,(H2,16,18)/t9-/m1/s1. The Balaban J connectivity index is 2.16. The van der Waals surface area contributed by atoms with Gasteiger partial charge in [0.05, 0.1) is 9.92 Å². The second-order valence-corrected chi connectivity index (χ2v) is 7.62. The molecule has 0 saturated carbocycles. The van der Waals surface area contributed by atoms with E-state index in [1.165, 1.54) is 10.5 Å². The highest BCUT2D eigenvalue weighted by atomic mass is 35.5. The zero-order chi connectivity index (χ0) is 15.9. The molecule has 0 amide bonds. The van der Waals surface area contributed by atoms with E-state index >= 15 is 0 Å². The van der Waals surface area contributed by atoms with E-state index < -0.39 is 10.0 Å². The molecule has 8 heteroatoms. The second-order valence-electron chi connectivity index (χ2n) is 5.31. The van der Waals surface area contributed by atoms with Gasteiger partial charge in [-0.2, -0.15) is 4.31 Å². The monoisotopic (exact) mass is 340 g/mol. The molecule has 0 radical (unpaired) electrons. The van der Waals surface area contributed by atoms with Crippen LogP contribution in [0.5, 0.6) is 0 Å². The maximum Gasteiger partial charge on any atom is 0.243 e. The number of likely N-dealkylation sites (N-methyl/N-ethyl adjacent to an activating group) is 1. The van der Waals surface area contributed by atoms with Gasteiger partial charge in [0.2, 0.25) is 10.0 Å². The average Bonchev–Trinajstić information content (AvgIpc) is 3.00. The largest absolute Gasteiger partial charge is 0.383 e. The molecule has 2 heterocycles. The molecule has 1 atom stereocenters. The van der Waals surface area contributed by atoms with Gasteiger partial charge in [-0.3, -0.25) is 0 Å². The molecular weight excluding hydrogens is 324 g/mol. The van der Waals surface area contributed by atoms with Crippen molar-refractivity contribution in [1.82, 2.24) is 14.6 Å². The smallest absolute Gasteiger partial charge is 0.243 e. The number of anilines is 1. The summed E-state index contributed by atoms with van der Waals surface area (Å²) in [5.74, 6) is 0.269. The van der Waals surface area contributed by atoms with Gasteiger partial charge in [-0.1, -0.05) is 23.7 Å². The molecule has 0 unspecified atom stereocenters. The summed E-state index contributed by atoms with van der Waals surface area (Å²) in [6, 6.07) is 5.13. The van der Waals surface area contributed by atoms with Crippen molar-refractivity contribution in [3.8, 4) is 0 Å². The van der Waals surface area contributed by atoms with Gasteiger partial charge in [0.25, 0.3) is 0 Å². The Morgan fingerprint density at radius 1 is 1.45 bits per heavy atom. The molecule has 0 bridgehead atoms. The number of pyridine rings is 1. The van der Waals surface area contributed by atoms with Gasteiger partial charge < -0.3 is 11.1 Å². The van der Waals surface area contributed by atoms with Gasteiger partial charge >= 0.3 is 0 Å². The van der Waals surface area contributed by atoms with E-state index in [1.807, 2.05) is 7.05 Å². The molecule has 6 nitrogen and oxygen atoms in total. The zero-order valence-electron chi connectivity index (χ0n) is 12.1. The van der Waals surface area contributed by atoms with E-state index in [9.17, 15) is 8.42 Å². The van der Waals surface area contributed by atoms with E-state index in [1.54, 1.807) is 18.2 Å². The minimum Gasteiger partial charge on any atom is -0.383 e. The van der Waals surface area contributed by atoms with Crippen LogP contribution in [0.4, 0.5) is 5.82 Å². The first-order valence-corrected chi connectivity index (χ1v) is 8.77. The highest BCUT2D eigenvalue weighted by Crippen LogP contribution is 2.34. The second kappa shape index (κ2) is 5.66. The van der Waals surface area contributed by atoms with Crippen LogP contribution in [0.3, 0.4) is 0 Å². The van der Waals surface area contributed by atoms with Gasteiger partial charge in [-0.05, 0) is 19.5 Å². The molecule has 3 rings (SSSR count). The first-order valence-electron chi connectivity index (χ1n) is 6.95. The topological polar surface area (TPSA) is 88.3 Å². The molecular formula is C14H17ClN4O2S. The van der Waals surface area contributed by atoms with Gasteiger partial charge in [-0.25, -0.2) is 13.4 Å². The third-order valence-corrected chi connectivity index (χ3v) is 6.23. The molecule has 118 valence electrons. The summed E-state index contributed by atoms with van der Waals surface area (Å²) in [6.07, 6.45) is 2.18. The number of sulfonamides is 1. The normalized spacial score (nSPS) is 19.8. The Hall–Kier alpha value is -1.41. The van der Waals surface area contributed by atoms with E-state index in [4.69, 9.17) is 17.3 Å². The summed E-state index contributed by atoms with van der Waals surface area (Å²) in [6.45, 7) is 0.940. The minimum atomic E-state index is -3.62. The zero-order valence-corrected chi connectivity index (χ0v) is 13.7. The quantitative estimate of drug-likeness (QED) is 0.883. The fourth-order valence-electron chi connectivity index (χ4n) is 2.79. The number of fused-ring (bicyclic) bond motifs is 1. The SMILES string of the molecule is CN[C@@H]1CCN(S(=O)(=O)c2cccc3c(N)ncc(Cl)c23)C1. The van der Waals surface area contributed by atoms with Gasteiger partial charge in [0.15, 0.2) is 0 Å². The van der Waals surface area contributed by atoms with Crippen LogP contribution in [-0.4, -0.2) is 43.9 Å². The summed E-state index contributed by atoms with van der Waals surface area (Å²) in [5.41, 5.74) is 5.85. The fourth-order valence-corrected chi connectivity index (χ4v) is 4.82. The Morgan fingerprint density at radius 2 is 2.23 bits per heavy atom.